The Morgan fingerprint density at radius 1 is 1.42 bits per heavy atom. The summed E-state index contributed by atoms with van der Waals surface area (Å²) in [6, 6.07) is 1.51. The average molecular weight is 363 g/mol. The van der Waals surface area contributed by atoms with Crippen LogP contribution in [0.15, 0.2) is 33.3 Å². The first-order chi connectivity index (χ1) is 9.03. The smallest absolute Gasteiger partial charge is 0.244 e. The Morgan fingerprint density at radius 3 is 2.84 bits per heavy atom. The Balaban J connectivity index is 2.26. The van der Waals surface area contributed by atoms with Gasteiger partial charge in [-0.2, -0.15) is 0 Å². The number of aromatic nitrogens is 2. The molecule has 0 unspecified atom stereocenters. The molecule has 0 amide bonds. The van der Waals surface area contributed by atoms with Crippen molar-refractivity contribution in [1.29, 1.82) is 0 Å². The van der Waals surface area contributed by atoms with Crippen molar-refractivity contribution in [1.82, 2.24) is 14.7 Å². The molecular formula is C10H11BrN4O2S2. The summed E-state index contributed by atoms with van der Waals surface area (Å²) < 4.78 is 27.6. The van der Waals surface area contributed by atoms with Crippen LogP contribution in [0.4, 0.5) is 5.82 Å². The molecule has 0 saturated carbocycles. The minimum atomic E-state index is -3.63. The predicted octanol–water partition coefficient (Wildman–Crippen LogP) is 1.82. The van der Waals surface area contributed by atoms with Gasteiger partial charge in [0.05, 0.1) is 5.51 Å². The van der Waals surface area contributed by atoms with Gasteiger partial charge in [0.2, 0.25) is 10.0 Å². The van der Waals surface area contributed by atoms with Gasteiger partial charge in [0.25, 0.3) is 0 Å². The van der Waals surface area contributed by atoms with Crippen LogP contribution in [0.1, 0.15) is 4.88 Å². The first-order valence-electron chi connectivity index (χ1n) is 5.23. The fourth-order valence-corrected chi connectivity index (χ4v) is 3.69. The zero-order chi connectivity index (χ0) is 13.9. The van der Waals surface area contributed by atoms with E-state index in [0.717, 1.165) is 4.88 Å². The summed E-state index contributed by atoms with van der Waals surface area (Å²) in [4.78, 5) is 8.87. The third-order valence-electron chi connectivity index (χ3n) is 2.27. The van der Waals surface area contributed by atoms with Crippen molar-refractivity contribution < 1.29 is 8.42 Å². The van der Waals surface area contributed by atoms with Gasteiger partial charge < -0.3 is 5.32 Å². The number of hydrogen-bond acceptors (Lipinski definition) is 6. The second-order valence-electron chi connectivity index (χ2n) is 3.54. The minimum Gasteiger partial charge on any atom is -0.372 e. The van der Waals surface area contributed by atoms with E-state index in [1.807, 2.05) is 0 Å². The molecule has 9 heteroatoms. The van der Waals surface area contributed by atoms with Gasteiger partial charge >= 0.3 is 0 Å². The first kappa shape index (κ1) is 14.4. The number of thiazole rings is 1. The molecule has 0 radical (unpaired) electrons. The Morgan fingerprint density at radius 2 is 2.21 bits per heavy atom. The molecule has 0 saturated heterocycles. The molecule has 0 aliphatic rings. The third kappa shape index (κ3) is 3.50. The molecule has 0 aliphatic heterocycles. The zero-order valence-corrected chi connectivity index (χ0v) is 13.1. The Bertz CT molecular complexity index is 658. The summed E-state index contributed by atoms with van der Waals surface area (Å²) in [5.74, 6) is 0.306. The van der Waals surface area contributed by atoms with Crippen LogP contribution in [0.25, 0.3) is 0 Å². The highest BCUT2D eigenvalue weighted by molar-refractivity contribution is 9.10. The lowest BCUT2D eigenvalue weighted by molar-refractivity contribution is 0.581. The Kier molecular flexibility index (Phi) is 4.50. The van der Waals surface area contributed by atoms with Gasteiger partial charge in [-0.15, -0.1) is 11.3 Å². The Labute approximate surface area is 123 Å². The second-order valence-corrected chi connectivity index (χ2v) is 7.16. The van der Waals surface area contributed by atoms with Gasteiger partial charge in [0, 0.05) is 35.3 Å². The SMILES string of the molecule is CNc1ncc(Br)cc1S(=O)(=O)NCc1cncs1. The van der Waals surface area contributed by atoms with Crippen LogP contribution in [0.5, 0.6) is 0 Å². The molecule has 0 aliphatic carbocycles. The van der Waals surface area contributed by atoms with Crippen LogP contribution < -0.4 is 10.0 Å². The summed E-state index contributed by atoms with van der Waals surface area (Å²) in [6.45, 7) is 0.211. The van der Waals surface area contributed by atoms with Crippen molar-refractivity contribution in [3.8, 4) is 0 Å². The molecular weight excluding hydrogens is 352 g/mol. The fourth-order valence-electron chi connectivity index (χ4n) is 1.39. The molecule has 6 nitrogen and oxygen atoms in total. The van der Waals surface area contributed by atoms with E-state index < -0.39 is 10.0 Å². The summed E-state index contributed by atoms with van der Waals surface area (Å²) in [7, 11) is -2.00. The summed E-state index contributed by atoms with van der Waals surface area (Å²) >= 11 is 4.61. The molecule has 0 atom stereocenters. The molecule has 19 heavy (non-hydrogen) atoms. The standard InChI is InChI=1S/C10H11BrN4O2S2/c1-12-10-9(2-7(11)3-14-10)19(16,17)15-5-8-4-13-6-18-8/h2-4,6,15H,5H2,1H3,(H,12,14). The molecule has 0 fully saturated rings. The lowest BCUT2D eigenvalue weighted by Crippen LogP contribution is -2.24. The van der Waals surface area contributed by atoms with Crippen molar-refractivity contribution >= 4 is 43.1 Å². The molecule has 2 aromatic rings. The highest BCUT2D eigenvalue weighted by atomic mass is 79.9. The van der Waals surface area contributed by atoms with Crippen molar-refractivity contribution in [3.05, 3.63) is 33.3 Å². The second kappa shape index (κ2) is 5.95. The molecule has 2 rings (SSSR count). The van der Waals surface area contributed by atoms with E-state index in [0.29, 0.717) is 10.3 Å². The van der Waals surface area contributed by atoms with E-state index in [-0.39, 0.29) is 11.4 Å². The van der Waals surface area contributed by atoms with Gasteiger partial charge in [0.1, 0.15) is 10.7 Å². The fraction of sp³-hybridized carbons (Fsp3) is 0.200. The topological polar surface area (TPSA) is 84.0 Å². The number of pyridine rings is 1. The maximum Gasteiger partial charge on any atom is 0.244 e. The molecule has 102 valence electrons. The normalized spacial score (nSPS) is 11.5. The number of anilines is 1. The number of nitrogens with one attached hydrogen (secondary N) is 2. The maximum atomic E-state index is 12.2. The van der Waals surface area contributed by atoms with E-state index in [9.17, 15) is 8.42 Å². The first-order valence-corrected chi connectivity index (χ1v) is 8.39. The molecule has 2 heterocycles. The van der Waals surface area contributed by atoms with Gasteiger partial charge in [0.15, 0.2) is 0 Å². The predicted molar refractivity (Wildman–Crippen MR) is 77.6 cm³/mol. The quantitative estimate of drug-likeness (QED) is 0.847. The zero-order valence-electron chi connectivity index (χ0n) is 9.92. The summed E-state index contributed by atoms with van der Waals surface area (Å²) in [5, 5.41) is 2.76. The van der Waals surface area contributed by atoms with Crippen molar-refractivity contribution in [2.75, 3.05) is 12.4 Å². The van der Waals surface area contributed by atoms with Crippen LogP contribution >= 0.6 is 27.3 Å². The number of halogens is 1. The molecule has 0 spiro atoms. The summed E-state index contributed by atoms with van der Waals surface area (Å²) in [6.07, 6.45) is 3.17. The van der Waals surface area contributed by atoms with Crippen LogP contribution in [-0.2, 0) is 16.6 Å². The van der Waals surface area contributed by atoms with E-state index in [2.05, 4.69) is 35.9 Å². The van der Waals surface area contributed by atoms with E-state index in [1.54, 1.807) is 18.8 Å². The number of nitrogens with zero attached hydrogens (tertiary/aromatic N) is 2. The van der Waals surface area contributed by atoms with Crippen LogP contribution in [0.3, 0.4) is 0 Å². The molecule has 0 aromatic carbocycles. The third-order valence-corrected chi connectivity index (χ3v) is 4.89. The van der Waals surface area contributed by atoms with Gasteiger partial charge in [-0.1, -0.05) is 0 Å². The number of hydrogen-bond donors (Lipinski definition) is 2. The Hall–Kier alpha value is -1.03. The monoisotopic (exact) mass is 362 g/mol. The van der Waals surface area contributed by atoms with Crippen molar-refractivity contribution in [2.45, 2.75) is 11.4 Å². The van der Waals surface area contributed by atoms with E-state index in [1.165, 1.54) is 23.6 Å². The van der Waals surface area contributed by atoms with Gasteiger partial charge in [-0.25, -0.2) is 18.1 Å². The largest absolute Gasteiger partial charge is 0.372 e. The van der Waals surface area contributed by atoms with Crippen LogP contribution in [0, 0.1) is 0 Å². The average Bonchev–Trinajstić information content (AvgIpc) is 2.89. The highest BCUT2D eigenvalue weighted by Crippen LogP contribution is 2.22. The van der Waals surface area contributed by atoms with Crippen LogP contribution in [0.2, 0.25) is 0 Å². The minimum absolute atomic E-state index is 0.105. The maximum absolute atomic E-state index is 12.2. The lowest BCUT2D eigenvalue weighted by Gasteiger charge is -2.10. The summed E-state index contributed by atoms with van der Waals surface area (Å²) in [5.41, 5.74) is 1.66. The van der Waals surface area contributed by atoms with E-state index >= 15 is 0 Å². The van der Waals surface area contributed by atoms with E-state index in [4.69, 9.17) is 0 Å². The van der Waals surface area contributed by atoms with Gasteiger partial charge in [-0.3, -0.25) is 4.98 Å². The van der Waals surface area contributed by atoms with Gasteiger partial charge in [-0.05, 0) is 22.0 Å². The molecule has 2 aromatic heterocycles. The lowest BCUT2D eigenvalue weighted by atomic mass is 10.4. The van der Waals surface area contributed by atoms with Crippen LogP contribution in [-0.4, -0.2) is 25.4 Å². The number of sulfonamides is 1. The van der Waals surface area contributed by atoms with Crippen molar-refractivity contribution in [3.63, 3.8) is 0 Å². The van der Waals surface area contributed by atoms with Crippen molar-refractivity contribution in [2.24, 2.45) is 0 Å². The number of rotatable bonds is 5. The highest BCUT2D eigenvalue weighted by Gasteiger charge is 2.19. The molecule has 0 bridgehead atoms. The molecule has 2 N–H and O–H groups in total.